The molecule has 0 aliphatic carbocycles. The van der Waals surface area contributed by atoms with Crippen LogP contribution in [0, 0.1) is 0 Å². The first kappa shape index (κ1) is 13.0. The van der Waals surface area contributed by atoms with Gasteiger partial charge in [-0.1, -0.05) is 0 Å². The van der Waals surface area contributed by atoms with Crippen molar-refractivity contribution in [3.63, 3.8) is 0 Å². The van der Waals surface area contributed by atoms with E-state index >= 15 is 0 Å². The normalized spacial score (nSPS) is 23.0. The van der Waals surface area contributed by atoms with Gasteiger partial charge in [-0.2, -0.15) is 0 Å². The number of carbonyl (C=O) groups excluding carboxylic acids is 1. The molecule has 1 amide bonds. The fourth-order valence-electron chi connectivity index (χ4n) is 2.08. The molecule has 1 unspecified atom stereocenters. The largest absolute Gasteiger partial charge is 0.373 e. The maximum Gasteiger partial charge on any atom is 0.251 e. The van der Waals surface area contributed by atoms with E-state index in [1.807, 2.05) is 6.92 Å². The molecule has 2 rings (SSSR count). The van der Waals surface area contributed by atoms with Crippen molar-refractivity contribution < 1.29 is 9.53 Å². The molecule has 1 atom stereocenters. The minimum atomic E-state index is -0.223. The van der Waals surface area contributed by atoms with Crippen LogP contribution in [0.5, 0.6) is 0 Å². The number of pyridine rings is 1. The van der Waals surface area contributed by atoms with Crippen molar-refractivity contribution in [2.24, 2.45) is 5.73 Å². The first-order valence-electron chi connectivity index (χ1n) is 6.20. The minimum absolute atomic E-state index is 0.108. The number of carbonyl (C=O) groups is 1. The van der Waals surface area contributed by atoms with Gasteiger partial charge in [0.15, 0.2) is 0 Å². The van der Waals surface area contributed by atoms with E-state index in [9.17, 15) is 4.79 Å². The van der Waals surface area contributed by atoms with E-state index in [2.05, 4.69) is 10.3 Å². The van der Waals surface area contributed by atoms with Crippen molar-refractivity contribution in [1.29, 1.82) is 0 Å². The third-order valence-corrected chi connectivity index (χ3v) is 3.21. The molecular weight excluding hydrogens is 230 g/mol. The van der Waals surface area contributed by atoms with Crippen molar-refractivity contribution in [3.8, 4) is 0 Å². The van der Waals surface area contributed by atoms with Gasteiger partial charge in [-0.05, 0) is 31.9 Å². The average molecular weight is 249 g/mol. The predicted molar refractivity (Wildman–Crippen MR) is 68.1 cm³/mol. The van der Waals surface area contributed by atoms with Gasteiger partial charge in [-0.3, -0.25) is 9.78 Å². The Kier molecular flexibility index (Phi) is 3.93. The highest BCUT2D eigenvalue weighted by atomic mass is 16.5. The number of nitrogens with one attached hydrogen (secondary N) is 1. The van der Waals surface area contributed by atoms with E-state index in [-0.39, 0.29) is 11.5 Å². The number of hydrogen-bond donors (Lipinski definition) is 2. The number of aromatic nitrogens is 1. The van der Waals surface area contributed by atoms with Crippen LogP contribution in [0.25, 0.3) is 0 Å². The summed E-state index contributed by atoms with van der Waals surface area (Å²) >= 11 is 0. The van der Waals surface area contributed by atoms with Crippen LogP contribution < -0.4 is 11.1 Å². The quantitative estimate of drug-likeness (QED) is 0.829. The van der Waals surface area contributed by atoms with Crippen LogP contribution in [0.2, 0.25) is 0 Å². The van der Waals surface area contributed by atoms with E-state index in [1.165, 1.54) is 0 Å². The fraction of sp³-hybridized carbons (Fsp3) is 0.538. The molecule has 0 radical (unpaired) electrons. The summed E-state index contributed by atoms with van der Waals surface area (Å²) in [5.41, 5.74) is 6.58. The van der Waals surface area contributed by atoms with Crippen LogP contribution in [0.1, 0.15) is 35.8 Å². The summed E-state index contributed by atoms with van der Waals surface area (Å²) in [4.78, 5) is 16.0. The van der Waals surface area contributed by atoms with E-state index < -0.39 is 0 Å². The molecule has 1 fully saturated rings. The summed E-state index contributed by atoms with van der Waals surface area (Å²) in [7, 11) is 0. The standard InChI is InChI=1S/C13H19N3O2/c1-13(4-2-6-18-13)9-16-12(17)10-3-5-15-11(7-10)8-14/h3,5,7H,2,4,6,8-9,14H2,1H3,(H,16,17). The second kappa shape index (κ2) is 5.46. The van der Waals surface area contributed by atoms with Crippen molar-refractivity contribution >= 4 is 5.91 Å². The lowest BCUT2D eigenvalue weighted by Crippen LogP contribution is -2.40. The smallest absolute Gasteiger partial charge is 0.251 e. The maximum atomic E-state index is 12.0. The lowest BCUT2D eigenvalue weighted by molar-refractivity contribution is 0.0206. The molecule has 1 aliphatic rings. The van der Waals surface area contributed by atoms with Crippen LogP contribution in [0.3, 0.4) is 0 Å². The zero-order valence-corrected chi connectivity index (χ0v) is 10.6. The molecule has 0 spiro atoms. The van der Waals surface area contributed by atoms with Crippen molar-refractivity contribution in [2.75, 3.05) is 13.2 Å². The van der Waals surface area contributed by atoms with Crippen LogP contribution in [-0.2, 0) is 11.3 Å². The molecule has 1 saturated heterocycles. The minimum Gasteiger partial charge on any atom is -0.373 e. The monoisotopic (exact) mass is 249 g/mol. The molecule has 0 saturated carbocycles. The molecule has 1 aromatic rings. The summed E-state index contributed by atoms with van der Waals surface area (Å²) < 4.78 is 5.62. The Balaban J connectivity index is 1.94. The second-order valence-corrected chi connectivity index (χ2v) is 4.82. The summed E-state index contributed by atoms with van der Waals surface area (Å²) in [5.74, 6) is -0.108. The lowest BCUT2D eigenvalue weighted by Gasteiger charge is -2.23. The first-order valence-corrected chi connectivity index (χ1v) is 6.20. The lowest BCUT2D eigenvalue weighted by atomic mass is 10.0. The van der Waals surface area contributed by atoms with Gasteiger partial charge < -0.3 is 15.8 Å². The Morgan fingerprint density at radius 3 is 3.17 bits per heavy atom. The fourth-order valence-corrected chi connectivity index (χ4v) is 2.08. The van der Waals surface area contributed by atoms with Crippen molar-refractivity contribution in [1.82, 2.24) is 10.3 Å². The molecule has 0 bridgehead atoms. The van der Waals surface area contributed by atoms with Crippen LogP contribution in [0.4, 0.5) is 0 Å². The van der Waals surface area contributed by atoms with E-state index in [4.69, 9.17) is 10.5 Å². The number of rotatable bonds is 4. The van der Waals surface area contributed by atoms with Crippen molar-refractivity contribution in [3.05, 3.63) is 29.6 Å². The Hall–Kier alpha value is -1.46. The summed E-state index contributed by atoms with van der Waals surface area (Å²) in [6.45, 7) is 3.67. The van der Waals surface area contributed by atoms with Crippen LogP contribution in [-0.4, -0.2) is 29.6 Å². The van der Waals surface area contributed by atoms with Gasteiger partial charge in [0.1, 0.15) is 0 Å². The molecule has 18 heavy (non-hydrogen) atoms. The molecule has 3 N–H and O–H groups in total. The highest BCUT2D eigenvalue weighted by molar-refractivity contribution is 5.94. The molecule has 98 valence electrons. The van der Waals surface area contributed by atoms with Gasteiger partial charge in [0.05, 0.1) is 11.3 Å². The zero-order chi connectivity index (χ0) is 13.0. The van der Waals surface area contributed by atoms with Gasteiger partial charge in [-0.15, -0.1) is 0 Å². The third kappa shape index (κ3) is 3.05. The molecule has 1 aliphatic heterocycles. The van der Waals surface area contributed by atoms with Crippen molar-refractivity contribution in [2.45, 2.75) is 31.9 Å². The van der Waals surface area contributed by atoms with Gasteiger partial charge in [0.25, 0.3) is 5.91 Å². The van der Waals surface area contributed by atoms with E-state index in [0.29, 0.717) is 24.3 Å². The molecule has 0 aromatic carbocycles. The highest BCUT2D eigenvalue weighted by Crippen LogP contribution is 2.23. The Labute approximate surface area is 107 Å². The third-order valence-electron chi connectivity index (χ3n) is 3.21. The average Bonchev–Trinajstić information content (AvgIpc) is 2.83. The summed E-state index contributed by atoms with van der Waals surface area (Å²) in [6, 6.07) is 3.40. The molecule has 5 heteroatoms. The Morgan fingerprint density at radius 1 is 1.67 bits per heavy atom. The Bertz CT molecular complexity index is 428. The van der Waals surface area contributed by atoms with Gasteiger partial charge in [0.2, 0.25) is 0 Å². The van der Waals surface area contributed by atoms with Gasteiger partial charge in [-0.25, -0.2) is 0 Å². The number of amides is 1. The van der Waals surface area contributed by atoms with Crippen LogP contribution in [0.15, 0.2) is 18.3 Å². The summed E-state index contributed by atoms with van der Waals surface area (Å²) in [5, 5.41) is 2.90. The molecule has 1 aromatic heterocycles. The van der Waals surface area contributed by atoms with E-state index in [0.717, 1.165) is 19.4 Å². The SMILES string of the molecule is CC1(CNC(=O)c2ccnc(CN)c2)CCCO1. The van der Waals surface area contributed by atoms with Gasteiger partial charge >= 0.3 is 0 Å². The number of hydrogen-bond acceptors (Lipinski definition) is 4. The molecular formula is C13H19N3O2. The number of nitrogens with two attached hydrogens (primary N) is 1. The Morgan fingerprint density at radius 2 is 2.50 bits per heavy atom. The zero-order valence-electron chi connectivity index (χ0n) is 10.6. The molecule has 5 nitrogen and oxygen atoms in total. The molecule has 2 heterocycles. The van der Waals surface area contributed by atoms with E-state index in [1.54, 1.807) is 18.3 Å². The first-order chi connectivity index (χ1) is 8.63. The second-order valence-electron chi connectivity index (χ2n) is 4.82. The highest BCUT2D eigenvalue weighted by Gasteiger charge is 2.30. The maximum absolute atomic E-state index is 12.0. The van der Waals surface area contributed by atoms with Gasteiger partial charge in [0, 0.05) is 31.5 Å². The summed E-state index contributed by atoms with van der Waals surface area (Å²) in [6.07, 6.45) is 3.64. The predicted octanol–water partition coefficient (Wildman–Crippen LogP) is 0.839. The van der Waals surface area contributed by atoms with Crippen LogP contribution >= 0.6 is 0 Å². The number of nitrogens with zero attached hydrogens (tertiary/aromatic N) is 1. The topological polar surface area (TPSA) is 77.2 Å². The number of ether oxygens (including phenoxy) is 1.